The predicted molar refractivity (Wildman–Crippen MR) is 49.3 cm³/mol. The average molecular weight is 197 g/mol. The van der Waals surface area contributed by atoms with Crippen molar-refractivity contribution in [1.29, 1.82) is 0 Å². The van der Waals surface area contributed by atoms with Gasteiger partial charge in [0.1, 0.15) is 0 Å². The van der Waals surface area contributed by atoms with Crippen molar-refractivity contribution >= 4 is 18.3 Å². The Morgan fingerprint density at radius 1 is 1.42 bits per heavy atom. The zero-order chi connectivity index (χ0) is 8.69. The number of nitrogens with zero attached hydrogens (tertiary/aromatic N) is 1. The fourth-order valence-electron chi connectivity index (χ4n) is 0.740. The maximum atomic E-state index is 10.5. The normalized spacial score (nSPS) is 8.92. The number of halogens is 1. The van der Waals surface area contributed by atoms with E-state index in [2.05, 4.69) is 0 Å². The van der Waals surface area contributed by atoms with Crippen molar-refractivity contribution in [2.75, 3.05) is 13.1 Å². The van der Waals surface area contributed by atoms with E-state index in [0.29, 0.717) is 13.1 Å². The third kappa shape index (κ3) is 7.78. The smallest absolute Gasteiger partial charge is 0.242 e. The molecule has 0 aliphatic carbocycles. The first-order chi connectivity index (χ1) is 5.18. The molecule has 0 unspecified atom stereocenters. The lowest BCUT2D eigenvalue weighted by Crippen LogP contribution is -2.25. The van der Waals surface area contributed by atoms with Crippen molar-refractivity contribution in [2.45, 2.75) is 26.2 Å². The van der Waals surface area contributed by atoms with Gasteiger partial charge in [0, 0.05) is 13.5 Å². The molecule has 0 atom stereocenters. The second kappa shape index (κ2) is 8.77. The highest BCUT2D eigenvalue weighted by Gasteiger charge is 2.01. The van der Waals surface area contributed by atoms with E-state index in [1.807, 2.05) is 0 Å². The van der Waals surface area contributed by atoms with Crippen molar-refractivity contribution in [1.82, 2.24) is 5.06 Å². The van der Waals surface area contributed by atoms with E-state index in [-0.39, 0.29) is 18.3 Å². The monoisotopic (exact) mass is 196 g/mol. The molecule has 0 aliphatic rings. The molecular formula is C7H17ClN2O2. The van der Waals surface area contributed by atoms with Crippen LogP contribution in [0.5, 0.6) is 0 Å². The number of hydrogen-bond acceptors (Lipinski definition) is 3. The first-order valence-corrected chi connectivity index (χ1v) is 3.85. The average Bonchev–Trinajstić information content (AvgIpc) is 1.97. The maximum Gasteiger partial charge on any atom is 0.242 e. The van der Waals surface area contributed by atoms with Gasteiger partial charge < -0.3 is 5.73 Å². The van der Waals surface area contributed by atoms with E-state index in [9.17, 15) is 4.79 Å². The third-order valence-corrected chi connectivity index (χ3v) is 1.44. The second-order valence-electron chi connectivity index (χ2n) is 2.49. The Hall–Kier alpha value is -0.320. The number of amides is 1. The lowest BCUT2D eigenvalue weighted by Gasteiger charge is -2.11. The summed E-state index contributed by atoms with van der Waals surface area (Å²) >= 11 is 0. The molecule has 0 saturated carbocycles. The molecule has 5 heteroatoms. The third-order valence-electron chi connectivity index (χ3n) is 1.44. The van der Waals surface area contributed by atoms with Crippen LogP contribution in [0.15, 0.2) is 0 Å². The highest BCUT2D eigenvalue weighted by Crippen LogP contribution is 1.95. The predicted octanol–water partition coefficient (Wildman–Crippen LogP) is 0.775. The van der Waals surface area contributed by atoms with Crippen LogP contribution in [0, 0.1) is 0 Å². The summed E-state index contributed by atoms with van der Waals surface area (Å²) < 4.78 is 0. The Bertz CT molecular complexity index is 122. The fourth-order valence-corrected chi connectivity index (χ4v) is 0.740. The molecule has 3 N–H and O–H groups in total. The van der Waals surface area contributed by atoms with Crippen LogP contribution in [0.3, 0.4) is 0 Å². The number of carbonyl (C=O) groups is 1. The summed E-state index contributed by atoms with van der Waals surface area (Å²) in [5, 5.41) is 9.61. The largest absolute Gasteiger partial charge is 0.330 e. The number of rotatable bonds is 5. The van der Waals surface area contributed by atoms with Crippen LogP contribution in [0.2, 0.25) is 0 Å². The van der Waals surface area contributed by atoms with E-state index < -0.39 is 0 Å². The molecule has 0 saturated heterocycles. The SMILES string of the molecule is CC(=O)N(O)CCCCCN.Cl. The topological polar surface area (TPSA) is 66.6 Å². The highest BCUT2D eigenvalue weighted by atomic mass is 35.5. The van der Waals surface area contributed by atoms with Gasteiger partial charge in [-0.1, -0.05) is 6.42 Å². The first kappa shape index (κ1) is 14.2. The van der Waals surface area contributed by atoms with Gasteiger partial charge in [0.2, 0.25) is 5.91 Å². The zero-order valence-electron chi connectivity index (χ0n) is 7.32. The van der Waals surface area contributed by atoms with E-state index in [4.69, 9.17) is 10.9 Å². The summed E-state index contributed by atoms with van der Waals surface area (Å²) in [5.41, 5.74) is 5.26. The summed E-state index contributed by atoms with van der Waals surface area (Å²) in [7, 11) is 0. The minimum Gasteiger partial charge on any atom is -0.330 e. The Morgan fingerprint density at radius 3 is 2.42 bits per heavy atom. The molecule has 0 aliphatic heterocycles. The number of nitrogens with two attached hydrogens (primary N) is 1. The summed E-state index contributed by atoms with van der Waals surface area (Å²) in [4.78, 5) is 10.5. The highest BCUT2D eigenvalue weighted by molar-refractivity contribution is 5.85. The van der Waals surface area contributed by atoms with Crippen LogP contribution < -0.4 is 5.73 Å². The molecule has 0 aromatic carbocycles. The minimum atomic E-state index is -0.308. The molecule has 0 radical (unpaired) electrons. The molecule has 0 aromatic heterocycles. The molecule has 4 nitrogen and oxygen atoms in total. The summed E-state index contributed by atoms with van der Waals surface area (Å²) in [6.45, 7) is 2.42. The van der Waals surface area contributed by atoms with Crippen molar-refractivity contribution in [3.63, 3.8) is 0 Å². The first-order valence-electron chi connectivity index (χ1n) is 3.85. The van der Waals surface area contributed by atoms with Crippen LogP contribution >= 0.6 is 12.4 Å². The van der Waals surface area contributed by atoms with Crippen molar-refractivity contribution in [3.05, 3.63) is 0 Å². The molecular weight excluding hydrogens is 180 g/mol. The maximum absolute atomic E-state index is 10.5. The van der Waals surface area contributed by atoms with E-state index in [0.717, 1.165) is 24.3 Å². The Labute approximate surface area is 79.1 Å². The van der Waals surface area contributed by atoms with Crippen LogP contribution in [-0.2, 0) is 4.79 Å². The standard InChI is InChI=1S/C7H16N2O2.ClH/c1-7(10)9(11)6-4-2-3-5-8;/h11H,2-6,8H2,1H3;1H. The number of carbonyl (C=O) groups excluding carboxylic acids is 1. The van der Waals surface area contributed by atoms with Crippen LogP contribution in [0.4, 0.5) is 0 Å². The van der Waals surface area contributed by atoms with E-state index in [1.165, 1.54) is 6.92 Å². The summed E-state index contributed by atoms with van der Waals surface area (Å²) in [5.74, 6) is -0.308. The lowest BCUT2D eigenvalue weighted by molar-refractivity contribution is -0.162. The van der Waals surface area contributed by atoms with Gasteiger partial charge in [-0.3, -0.25) is 10.0 Å². The minimum absolute atomic E-state index is 0. The van der Waals surface area contributed by atoms with Crippen LogP contribution in [-0.4, -0.2) is 29.3 Å². The number of hydrogen-bond donors (Lipinski definition) is 2. The van der Waals surface area contributed by atoms with E-state index in [1.54, 1.807) is 0 Å². The quantitative estimate of drug-likeness (QED) is 0.388. The molecule has 74 valence electrons. The molecule has 1 amide bonds. The van der Waals surface area contributed by atoms with Crippen molar-refractivity contribution in [3.8, 4) is 0 Å². The van der Waals surface area contributed by atoms with Crippen molar-refractivity contribution in [2.24, 2.45) is 5.73 Å². The van der Waals surface area contributed by atoms with Gasteiger partial charge in [0.25, 0.3) is 0 Å². The fraction of sp³-hybridized carbons (Fsp3) is 0.857. The van der Waals surface area contributed by atoms with Gasteiger partial charge in [-0.2, -0.15) is 0 Å². The van der Waals surface area contributed by atoms with Gasteiger partial charge in [-0.05, 0) is 19.4 Å². The van der Waals surface area contributed by atoms with Gasteiger partial charge >= 0.3 is 0 Å². The zero-order valence-corrected chi connectivity index (χ0v) is 8.14. The molecule has 12 heavy (non-hydrogen) atoms. The molecule has 0 heterocycles. The Kier molecular flexibility index (Phi) is 10.4. The summed E-state index contributed by atoms with van der Waals surface area (Å²) in [6.07, 6.45) is 2.72. The Morgan fingerprint density at radius 2 is 2.00 bits per heavy atom. The molecule has 0 fully saturated rings. The second-order valence-corrected chi connectivity index (χ2v) is 2.49. The van der Waals surface area contributed by atoms with E-state index >= 15 is 0 Å². The van der Waals surface area contributed by atoms with Crippen LogP contribution in [0.25, 0.3) is 0 Å². The van der Waals surface area contributed by atoms with Crippen molar-refractivity contribution < 1.29 is 10.0 Å². The molecule has 0 rings (SSSR count). The molecule has 0 spiro atoms. The van der Waals surface area contributed by atoms with Gasteiger partial charge in [-0.25, -0.2) is 5.06 Å². The lowest BCUT2D eigenvalue weighted by atomic mass is 10.2. The van der Waals surface area contributed by atoms with Crippen LogP contribution in [0.1, 0.15) is 26.2 Å². The Balaban J connectivity index is 0. The molecule has 0 bridgehead atoms. The summed E-state index contributed by atoms with van der Waals surface area (Å²) in [6, 6.07) is 0. The molecule has 0 aromatic rings. The number of hydroxylamine groups is 2. The van der Waals surface area contributed by atoms with Gasteiger partial charge in [0.05, 0.1) is 0 Å². The van der Waals surface area contributed by atoms with Gasteiger partial charge in [0.15, 0.2) is 0 Å². The number of unbranched alkanes of at least 4 members (excludes halogenated alkanes) is 2. The van der Waals surface area contributed by atoms with Gasteiger partial charge in [-0.15, -0.1) is 12.4 Å².